The second kappa shape index (κ2) is 7.40. The van der Waals surface area contributed by atoms with Crippen LogP contribution in [0.15, 0.2) is 16.3 Å². The Morgan fingerprint density at radius 1 is 1.48 bits per heavy atom. The van der Waals surface area contributed by atoms with E-state index in [-0.39, 0.29) is 29.3 Å². The number of nitrogens with zero attached hydrogens (tertiary/aromatic N) is 1. The van der Waals surface area contributed by atoms with Crippen molar-refractivity contribution in [1.82, 2.24) is 9.62 Å². The Morgan fingerprint density at radius 3 is 2.72 bits per heavy atom. The van der Waals surface area contributed by atoms with E-state index in [1.165, 1.54) is 16.3 Å². The SMILES string of the molecule is CC(C)(C)OC(=O)N1CC[C@H](NS(=O)(=O)c2ccsc2C=O)[C@@H](O)C1. The number of aliphatic hydroxyl groups excluding tert-OH is 1. The number of likely N-dealkylation sites (tertiary alicyclic amines) is 1. The molecule has 1 aliphatic rings. The lowest BCUT2D eigenvalue weighted by atomic mass is 10.0. The van der Waals surface area contributed by atoms with Gasteiger partial charge in [-0.15, -0.1) is 11.3 Å². The quantitative estimate of drug-likeness (QED) is 0.747. The molecule has 0 aliphatic carbocycles. The van der Waals surface area contributed by atoms with Gasteiger partial charge >= 0.3 is 6.09 Å². The van der Waals surface area contributed by atoms with Gasteiger partial charge in [0.05, 0.1) is 23.6 Å². The minimum atomic E-state index is -3.92. The zero-order valence-electron chi connectivity index (χ0n) is 14.3. The molecule has 140 valence electrons. The third-order valence-corrected chi connectivity index (χ3v) is 6.11. The van der Waals surface area contributed by atoms with Gasteiger partial charge in [0.15, 0.2) is 6.29 Å². The summed E-state index contributed by atoms with van der Waals surface area (Å²) in [6.45, 7) is 5.45. The minimum Gasteiger partial charge on any atom is -0.444 e. The van der Waals surface area contributed by atoms with Crippen LogP contribution < -0.4 is 4.72 Å². The Labute approximate surface area is 150 Å². The van der Waals surface area contributed by atoms with Crippen molar-refractivity contribution in [2.24, 2.45) is 0 Å². The number of carbonyl (C=O) groups is 2. The number of sulfonamides is 1. The number of carbonyl (C=O) groups excluding carboxylic acids is 2. The van der Waals surface area contributed by atoms with E-state index in [1.54, 1.807) is 20.8 Å². The molecule has 1 amide bonds. The molecule has 1 saturated heterocycles. The van der Waals surface area contributed by atoms with Crippen LogP contribution in [0.1, 0.15) is 36.9 Å². The van der Waals surface area contributed by atoms with Gasteiger partial charge in [-0.05, 0) is 38.6 Å². The molecule has 1 fully saturated rings. The van der Waals surface area contributed by atoms with Crippen molar-refractivity contribution in [3.05, 3.63) is 16.3 Å². The first-order valence-electron chi connectivity index (χ1n) is 7.74. The van der Waals surface area contributed by atoms with Gasteiger partial charge in [0.1, 0.15) is 10.5 Å². The molecule has 0 aromatic carbocycles. The van der Waals surface area contributed by atoms with E-state index in [9.17, 15) is 23.1 Å². The van der Waals surface area contributed by atoms with Crippen molar-refractivity contribution in [2.75, 3.05) is 13.1 Å². The lowest BCUT2D eigenvalue weighted by molar-refractivity contribution is -0.00221. The third kappa shape index (κ3) is 5.00. The third-order valence-electron chi connectivity index (χ3n) is 3.59. The monoisotopic (exact) mass is 390 g/mol. The number of hydrogen-bond acceptors (Lipinski definition) is 7. The van der Waals surface area contributed by atoms with Gasteiger partial charge in [0.2, 0.25) is 10.0 Å². The number of thiophene rings is 1. The molecular weight excluding hydrogens is 368 g/mol. The normalized spacial score (nSPS) is 21.8. The molecule has 1 aliphatic heterocycles. The van der Waals surface area contributed by atoms with Crippen LogP contribution in [-0.4, -0.2) is 61.6 Å². The van der Waals surface area contributed by atoms with Crippen LogP contribution in [0.4, 0.5) is 4.79 Å². The van der Waals surface area contributed by atoms with Gasteiger partial charge in [-0.3, -0.25) is 4.79 Å². The van der Waals surface area contributed by atoms with Crippen LogP contribution in [0.5, 0.6) is 0 Å². The predicted octanol–water partition coefficient (Wildman–Crippen LogP) is 1.21. The highest BCUT2D eigenvalue weighted by Crippen LogP contribution is 2.22. The van der Waals surface area contributed by atoms with E-state index in [0.717, 1.165) is 11.3 Å². The number of aldehydes is 1. The number of β-amino-alcohol motifs (C(OH)–C–C–N with tert-alkyl or cyclic N) is 1. The van der Waals surface area contributed by atoms with Crippen molar-refractivity contribution in [3.8, 4) is 0 Å². The van der Waals surface area contributed by atoms with Crippen molar-refractivity contribution in [1.29, 1.82) is 0 Å². The van der Waals surface area contributed by atoms with Crippen molar-refractivity contribution < 1.29 is 27.9 Å². The van der Waals surface area contributed by atoms with Gasteiger partial charge in [-0.1, -0.05) is 0 Å². The van der Waals surface area contributed by atoms with Gasteiger partial charge < -0.3 is 14.7 Å². The van der Waals surface area contributed by atoms with E-state index in [1.807, 2.05) is 0 Å². The molecule has 2 heterocycles. The second-order valence-corrected chi connectivity index (χ2v) is 9.41. The minimum absolute atomic E-state index is 0.0354. The Balaban J connectivity index is 2.02. The molecule has 2 rings (SSSR count). The number of rotatable bonds is 4. The molecule has 1 aromatic heterocycles. The van der Waals surface area contributed by atoms with Gasteiger partial charge in [-0.25, -0.2) is 17.9 Å². The number of hydrogen-bond donors (Lipinski definition) is 2. The predicted molar refractivity (Wildman–Crippen MR) is 92.2 cm³/mol. The van der Waals surface area contributed by atoms with Crippen LogP contribution >= 0.6 is 11.3 Å². The van der Waals surface area contributed by atoms with Crippen LogP contribution in [0.25, 0.3) is 0 Å². The molecule has 0 bridgehead atoms. The zero-order valence-corrected chi connectivity index (χ0v) is 15.9. The smallest absolute Gasteiger partial charge is 0.410 e. The number of ether oxygens (including phenoxy) is 1. The number of amides is 1. The molecule has 0 radical (unpaired) electrons. The second-order valence-electron chi connectivity index (χ2n) is 6.78. The van der Waals surface area contributed by atoms with E-state index in [2.05, 4.69) is 4.72 Å². The maximum absolute atomic E-state index is 12.4. The van der Waals surface area contributed by atoms with Crippen molar-refractivity contribution >= 4 is 33.7 Å². The summed E-state index contributed by atoms with van der Waals surface area (Å²) in [6.07, 6.45) is -0.899. The molecule has 1 aromatic rings. The van der Waals surface area contributed by atoms with Gasteiger partial charge in [0.25, 0.3) is 0 Å². The summed E-state index contributed by atoms with van der Waals surface area (Å²) in [4.78, 5) is 24.3. The van der Waals surface area contributed by atoms with Crippen LogP contribution in [-0.2, 0) is 14.8 Å². The summed E-state index contributed by atoms with van der Waals surface area (Å²) in [5.74, 6) is 0. The molecule has 2 N–H and O–H groups in total. The standard InChI is InChI=1S/C15H22N2O6S2/c1-15(2,3)23-14(20)17-6-4-10(11(19)8-17)16-25(21,22)13-5-7-24-12(13)9-18/h5,7,9-11,16,19H,4,6,8H2,1-3H3/t10-,11-/m0/s1. The molecular formula is C15H22N2O6S2. The Morgan fingerprint density at radius 2 is 2.16 bits per heavy atom. The first-order chi connectivity index (χ1) is 11.5. The molecule has 0 spiro atoms. The average Bonchev–Trinajstić information content (AvgIpc) is 2.97. The lowest BCUT2D eigenvalue weighted by Gasteiger charge is -2.36. The summed E-state index contributed by atoms with van der Waals surface area (Å²) < 4.78 is 32.5. The highest BCUT2D eigenvalue weighted by molar-refractivity contribution is 7.89. The van der Waals surface area contributed by atoms with Gasteiger partial charge in [0, 0.05) is 6.54 Å². The Hall–Kier alpha value is -1.49. The molecule has 0 unspecified atom stereocenters. The Bertz CT molecular complexity index is 737. The zero-order chi connectivity index (χ0) is 18.8. The van der Waals surface area contributed by atoms with E-state index in [0.29, 0.717) is 6.29 Å². The van der Waals surface area contributed by atoms with Crippen LogP contribution in [0.2, 0.25) is 0 Å². The summed E-state index contributed by atoms with van der Waals surface area (Å²) in [7, 11) is -3.92. The molecule has 10 heteroatoms. The fourth-order valence-corrected chi connectivity index (χ4v) is 4.95. The first-order valence-corrected chi connectivity index (χ1v) is 10.1. The highest BCUT2D eigenvalue weighted by atomic mass is 32.2. The summed E-state index contributed by atoms with van der Waals surface area (Å²) >= 11 is 1.03. The topological polar surface area (TPSA) is 113 Å². The average molecular weight is 390 g/mol. The molecule has 25 heavy (non-hydrogen) atoms. The largest absolute Gasteiger partial charge is 0.444 e. The summed E-state index contributed by atoms with van der Waals surface area (Å²) in [5.41, 5.74) is -0.648. The lowest BCUT2D eigenvalue weighted by Crippen LogP contribution is -2.55. The number of piperidine rings is 1. The van der Waals surface area contributed by atoms with E-state index >= 15 is 0 Å². The Kier molecular flexibility index (Phi) is 5.87. The van der Waals surface area contributed by atoms with Crippen molar-refractivity contribution in [3.63, 3.8) is 0 Å². The molecule has 0 saturated carbocycles. The van der Waals surface area contributed by atoms with Crippen LogP contribution in [0.3, 0.4) is 0 Å². The number of nitrogens with one attached hydrogen (secondary N) is 1. The summed E-state index contributed by atoms with van der Waals surface area (Å²) in [5, 5.41) is 11.7. The summed E-state index contributed by atoms with van der Waals surface area (Å²) in [6, 6.07) is 0.599. The highest BCUT2D eigenvalue weighted by Gasteiger charge is 2.35. The molecule has 2 atom stereocenters. The first kappa shape index (κ1) is 19.8. The maximum atomic E-state index is 12.4. The van der Waals surface area contributed by atoms with Crippen molar-refractivity contribution in [2.45, 2.75) is 49.8 Å². The maximum Gasteiger partial charge on any atom is 0.410 e. The van der Waals surface area contributed by atoms with Crippen LogP contribution in [0, 0.1) is 0 Å². The van der Waals surface area contributed by atoms with E-state index in [4.69, 9.17) is 4.74 Å². The van der Waals surface area contributed by atoms with Gasteiger partial charge in [-0.2, -0.15) is 0 Å². The fraction of sp³-hybridized carbons (Fsp3) is 0.600. The molecule has 8 nitrogen and oxygen atoms in total. The number of aliphatic hydroxyl groups is 1. The van der Waals surface area contributed by atoms with E-state index < -0.39 is 33.9 Å². The fourth-order valence-electron chi connectivity index (χ4n) is 2.44.